The Morgan fingerprint density at radius 1 is 1.26 bits per heavy atom. The average molecular weight is 290 g/mol. The van der Waals surface area contributed by atoms with Crippen molar-refractivity contribution in [1.82, 2.24) is 10.2 Å². The van der Waals surface area contributed by atoms with Crippen molar-refractivity contribution in [1.29, 1.82) is 0 Å². The highest BCUT2D eigenvalue weighted by atomic mass is 32.2. The number of hydroxylamine groups is 1. The Hall–Kier alpha value is -1.84. The van der Waals surface area contributed by atoms with Gasteiger partial charge >= 0.3 is 0 Å². The smallest absolute Gasteiger partial charge is 0.258 e. The first kappa shape index (κ1) is 15.2. The first-order valence-corrected chi connectivity index (χ1v) is 6.57. The maximum Gasteiger partial charge on any atom is 0.258 e. The zero-order valence-corrected chi connectivity index (χ0v) is 11.2. The first-order valence-electron chi connectivity index (χ1n) is 5.09. The van der Waals surface area contributed by atoms with Crippen LogP contribution in [0.4, 0.5) is 0 Å². The maximum atomic E-state index is 11.9. The minimum absolute atomic E-state index is 0.0871. The minimum atomic E-state index is -3.88. The van der Waals surface area contributed by atoms with E-state index in [-0.39, 0.29) is 10.6 Å². The lowest BCUT2D eigenvalue weighted by molar-refractivity contribution is -0.127. The number of hydrogen-bond acceptors (Lipinski definition) is 6. The third-order valence-electron chi connectivity index (χ3n) is 2.21. The Balaban J connectivity index is 2.98. The first-order chi connectivity index (χ1) is 8.94. The number of carbonyl (C=O) groups is 1. The SMILES string of the molecule is COc1ccc(S(=O)(=O)NCC(=O)NO)cc1OC. The molecule has 1 aromatic rings. The second-order valence-electron chi connectivity index (χ2n) is 3.38. The van der Waals surface area contributed by atoms with Crippen LogP contribution in [0.25, 0.3) is 0 Å². The number of amides is 1. The van der Waals surface area contributed by atoms with E-state index in [1.165, 1.54) is 37.9 Å². The van der Waals surface area contributed by atoms with Crippen LogP contribution in [0.3, 0.4) is 0 Å². The molecule has 0 saturated carbocycles. The van der Waals surface area contributed by atoms with Crippen LogP contribution in [0.2, 0.25) is 0 Å². The van der Waals surface area contributed by atoms with E-state index in [0.717, 1.165) is 0 Å². The molecule has 0 saturated heterocycles. The summed E-state index contributed by atoms with van der Waals surface area (Å²) in [4.78, 5) is 10.7. The third-order valence-corrected chi connectivity index (χ3v) is 3.61. The zero-order valence-electron chi connectivity index (χ0n) is 10.3. The van der Waals surface area contributed by atoms with Gasteiger partial charge in [0.2, 0.25) is 10.0 Å². The van der Waals surface area contributed by atoms with E-state index in [0.29, 0.717) is 5.75 Å². The van der Waals surface area contributed by atoms with Gasteiger partial charge in [0.05, 0.1) is 25.7 Å². The molecule has 1 amide bonds. The van der Waals surface area contributed by atoms with Crippen molar-refractivity contribution in [3.63, 3.8) is 0 Å². The second-order valence-corrected chi connectivity index (χ2v) is 5.14. The van der Waals surface area contributed by atoms with E-state index in [1.54, 1.807) is 0 Å². The molecule has 0 heterocycles. The summed E-state index contributed by atoms with van der Waals surface area (Å²) in [6.45, 7) is -0.576. The van der Waals surface area contributed by atoms with Gasteiger partial charge in [0, 0.05) is 6.07 Å². The van der Waals surface area contributed by atoms with Crippen LogP contribution in [0, 0.1) is 0 Å². The highest BCUT2D eigenvalue weighted by molar-refractivity contribution is 7.89. The fourth-order valence-electron chi connectivity index (χ4n) is 1.27. The molecule has 0 aliphatic rings. The normalized spacial score (nSPS) is 10.9. The fourth-order valence-corrected chi connectivity index (χ4v) is 2.26. The summed E-state index contributed by atoms with van der Waals surface area (Å²) in [5.74, 6) is -0.240. The number of sulfonamides is 1. The number of nitrogens with one attached hydrogen (secondary N) is 2. The molecule has 9 heteroatoms. The summed E-state index contributed by atoms with van der Waals surface area (Å²) >= 11 is 0. The predicted molar refractivity (Wildman–Crippen MR) is 64.7 cm³/mol. The number of hydrogen-bond donors (Lipinski definition) is 3. The van der Waals surface area contributed by atoms with Gasteiger partial charge in [-0.05, 0) is 12.1 Å². The molecule has 0 radical (unpaired) electrons. The molecule has 0 unspecified atom stereocenters. The highest BCUT2D eigenvalue weighted by Crippen LogP contribution is 2.29. The van der Waals surface area contributed by atoms with E-state index < -0.39 is 22.5 Å². The Bertz CT molecular complexity index is 557. The average Bonchev–Trinajstić information content (AvgIpc) is 2.43. The van der Waals surface area contributed by atoms with Crippen molar-refractivity contribution in [2.24, 2.45) is 0 Å². The molecule has 106 valence electrons. The van der Waals surface area contributed by atoms with Crippen molar-refractivity contribution >= 4 is 15.9 Å². The van der Waals surface area contributed by atoms with Crippen LogP contribution in [-0.4, -0.2) is 40.3 Å². The Morgan fingerprint density at radius 3 is 2.42 bits per heavy atom. The predicted octanol–water partition coefficient (Wildman–Crippen LogP) is -0.512. The summed E-state index contributed by atoms with van der Waals surface area (Å²) in [6, 6.07) is 4.00. The van der Waals surface area contributed by atoms with Crippen LogP contribution in [0.15, 0.2) is 23.1 Å². The van der Waals surface area contributed by atoms with Gasteiger partial charge in [0.1, 0.15) is 0 Å². The molecule has 8 nitrogen and oxygen atoms in total. The molecule has 19 heavy (non-hydrogen) atoms. The molecule has 1 aromatic carbocycles. The molecule has 0 spiro atoms. The number of carbonyl (C=O) groups excluding carboxylic acids is 1. The van der Waals surface area contributed by atoms with Gasteiger partial charge in [-0.2, -0.15) is 0 Å². The molecular formula is C10H14N2O6S. The minimum Gasteiger partial charge on any atom is -0.493 e. The van der Waals surface area contributed by atoms with E-state index in [9.17, 15) is 13.2 Å². The molecule has 0 aromatic heterocycles. The number of benzene rings is 1. The summed E-state index contributed by atoms with van der Waals surface area (Å²) < 4.78 is 35.7. The van der Waals surface area contributed by atoms with Crippen molar-refractivity contribution in [3.8, 4) is 11.5 Å². The Labute approximate surface area is 110 Å². The van der Waals surface area contributed by atoms with Gasteiger partial charge < -0.3 is 9.47 Å². The lowest BCUT2D eigenvalue weighted by atomic mass is 10.3. The second kappa shape index (κ2) is 6.36. The van der Waals surface area contributed by atoms with E-state index >= 15 is 0 Å². The Kier molecular flexibility index (Phi) is 5.10. The zero-order chi connectivity index (χ0) is 14.5. The Morgan fingerprint density at radius 2 is 1.89 bits per heavy atom. The highest BCUT2D eigenvalue weighted by Gasteiger charge is 2.17. The van der Waals surface area contributed by atoms with Gasteiger partial charge in [-0.15, -0.1) is 0 Å². The van der Waals surface area contributed by atoms with Gasteiger partial charge in [-0.25, -0.2) is 18.6 Å². The van der Waals surface area contributed by atoms with Gasteiger partial charge in [0.25, 0.3) is 5.91 Å². The van der Waals surface area contributed by atoms with Crippen molar-refractivity contribution in [2.75, 3.05) is 20.8 Å². The van der Waals surface area contributed by atoms with Crippen LogP contribution in [-0.2, 0) is 14.8 Å². The van der Waals surface area contributed by atoms with Gasteiger partial charge in [-0.3, -0.25) is 10.0 Å². The van der Waals surface area contributed by atoms with E-state index in [2.05, 4.69) is 0 Å². The molecule has 0 fully saturated rings. The van der Waals surface area contributed by atoms with Gasteiger partial charge in [0.15, 0.2) is 11.5 Å². The van der Waals surface area contributed by atoms with E-state index in [4.69, 9.17) is 14.7 Å². The quantitative estimate of drug-likeness (QED) is 0.480. The van der Waals surface area contributed by atoms with E-state index in [1.807, 2.05) is 4.72 Å². The molecule has 0 aliphatic carbocycles. The van der Waals surface area contributed by atoms with Crippen molar-refractivity contribution < 1.29 is 27.9 Å². The van der Waals surface area contributed by atoms with Gasteiger partial charge in [-0.1, -0.05) is 0 Å². The fraction of sp³-hybridized carbons (Fsp3) is 0.300. The molecule has 0 aliphatic heterocycles. The van der Waals surface area contributed by atoms with Crippen LogP contribution in [0.1, 0.15) is 0 Å². The van der Waals surface area contributed by atoms with Crippen molar-refractivity contribution in [3.05, 3.63) is 18.2 Å². The molecule has 1 rings (SSSR count). The van der Waals surface area contributed by atoms with Crippen LogP contribution in [0.5, 0.6) is 11.5 Å². The monoisotopic (exact) mass is 290 g/mol. The lowest BCUT2D eigenvalue weighted by Crippen LogP contribution is -2.35. The molecule has 0 bridgehead atoms. The van der Waals surface area contributed by atoms with Crippen LogP contribution >= 0.6 is 0 Å². The summed E-state index contributed by atoms with van der Waals surface area (Å²) in [5.41, 5.74) is 1.32. The number of methoxy groups -OCH3 is 2. The maximum absolute atomic E-state index is 11.9. The summed E-state index contributed by atoms with van der Waals surface area (Å²) in [7, 11) is -1.08. The topological polar surface area (TPSA) is 114 Å². The number of rotatable bonds is 6. The van der Waals surface area contributed by atoms with Crippen molar-refractivity contribution in [2.45, 2.75) is 4.90 Å². The largest absolute Gasteiger partial charge is 0.493 e. The molecular weight excluding hydrogens is 276 g/mol. The lowest BCUT2D eigenvalue weighted by Gasteiger charge is -2.10. The summed E-state index contributed by atoms with van der Waals surface area (Å²) in [5, 5.41) is 8.28. The third kappa shape index (κ3) is 3.81. The number of ether oxygens (including phenoxy) is 2. The molecule has 3 N–H and O–H groups in total. The summed E-state index contributed by atoms with van der Waals surface area (Å²) in [6.07, 6.45) is 0. The van der Waals surface area contributed by atoms with Crippen LogP contribution < -0.4 is 19.7 Å². The molecule has 0 atom stereocenters. The standard InChI is InChI=1S/C10H14N2O6S/c1-17-8-4-3-7(5-9(8)18-2)19(15,16)11-6-10(13)12-14/h3-5,11,14H,6H2,1-2H3,(H,12,13).